The molecule has 2 heterocycles. The lowest BCUT2D eigenvalue weighted by Crippen LogP contribution is -1.99. The number of hydrogen-bond donors (Lipinski definition) is 0. The molecule has 39 heavy (non-hydrogen) atoms. The summed E-state index contributed by atoms with van der Waals surface area (Å²) < 4.78 is 4.91. The summed E-state index contributed by atoms with van der Waals surface area (Å²) in [5.41, 5.74) is 13.0. The van der Waals surface area contributed by atoms with Gasteiger partial charge in [0.15, 0.2) is 0 Å². The maximum atomic E-state index is 2.50. The summed E-state index contributed by atoms with van der Waals surface area (Å²) in [5.74, 6) is 0. The Morgan fingerprint density at radius 3 is 1.77 bits per heavy atom. The van der Waals surface area contributed by atoms with Gasteiger partial charge in [-0.05, 0) is 64.7 Å². The number of aromatic nitrogens is 2. The molecule has 0 unspecified atom stereocenters. The maximum absolute atomic E-state index is 2.50. The highest BCUT2D eigenvalue weighted by atomic mass is 15.0. The Morgan fingerprint density at radius 1 is 0.410 bits per heavy atom. The summed E-state index contributed by atoms with van der Waals surface area (Å²) in [6, 6.07) is 48.8. The SMILES string of the molecule is c1ccc(-n2c3ccccc3c3c4c5ccccc5n(-c5cccc6c5Cc5ccccc5-6)c4ccc32)cc1. The van der Waals surface area contributed by atoms with Crippen LogP contribution in [-0.4, -0.2) is 9.13 Å². The molecule has 2 nitrogen and oxygen atoms in total. The van der Waals surface area contributed by atoms with Crippen LogP contribution in [0.4, 0.5) is 0 Å². The van der Waals surface area contributed by atoms with Gasteiger partial charge in [-0.15, -0.1) is 0 Å². The van der Waals surface area contributed by atoms with Crippen LogP contribution in [0.2, 0.25) is 0 Å². The molecule has 182 valence electrons. The third kappa shape index (κ3) is 2.75. The summed E-state index contributed by atoms with van der Waals surface area (Å²) in [6.45, 7) is 0. The van der Waals surface area contributed by atoms with Gasteiger partial charge in [0.2, 0.25) is 0 Å². The number of hydrogen-bond acceptors (Lipinski definition) is 0. The Morgan fingerprint density at radius 2 is 1.00 bits per heavy atom. The highest BCUT2D eigenvalue weighted by Crippen LogP contribution is 2.45. The van der Waals surface area contributed by atoms with Gasteiger partial charge in [-0.3, -0.25) is 0 Å². The van der Waals surface area contributed by atoms with Gasteiger partial charge in [-0.1, -0.05) is 91.0 Å². The Kier molecular flexibility index (Phi) is 4.14. The zero-order valence-electron chi connectivity index (χ0n) is 21.3. The summed E-state index contributed by atoms with van der Waals surface area (Å²) >= 11 is 0. The Bertz CT molecular complexity index is 2250. The van der Waals surface area contributed by atoms with Crippen molar-refractivity contribution in [3.05, 3.63) is 145 Å². The van der Waals surface area contributed by atoms with Gasteiger partial charge >= 0.3 is 0 Å². The molecule has 0 N–H and O–H groups in total. The lowest BCUT2D eigenvalue weighted by atomic mass is 10.0. The second-order valence-electron chi connectivity index (χ2n) is 10.5. The fourth-order valence-corrected chi connectivity index (χ4v) is 6.98. The molecule has 0 bridgehead atoms. The van der Waals surface area contributed by atoms with Crippen LogP contribution in [0.25, 0.3) is 66.1 Å². The van der Waals surface area contributed by atoms with Gasteiger partial charge < -0.3 is 9.13 Å². The normalized spacial score (nSPS) is 12.5. The van der Waals surface area contributed by atoms with Gasteiger partial charge in [0.25, 0.3) is 0 Å². The highest BCUT2D eigenvalue weighted by molar-refractivity contribution is 6.28. The quantitative estimate of drug-likeness (QED) is 0.226. The van der Waals surface area contributed by atoms with Gasteiger partial charge in [0.05, 0.1) is 27.8 Å². The number of rotatable bonds is 2. The van der Waals surface area contributed by atoms with E-state index < -0.39 is 0 Å². The molecule has 0 radical (unpaired) electrons. The van der Waals surface area contributed by atoms with Crippen molar-refractivity contribution in [3.63, 3.8) is 0 Å². The van der Waals surface area contributed by atoms with E-state index in [0.29, 0.717) is 0 Å². The molecule has 0 saturated heterocycles. The summed E-state index contributed by atoms with van der Waals surface area (Å²) in [5, 5.41) is 5.22. The maximum Gasteiger partial charge on any atom is 0.0549 e. The first-order valence-electron chi connectivity index (χ1n) is 13.6. The van der Waals surface area contributed by atoms with E-state index in [1.54, 1.807) is 0 Å². The van der Waals surface area contributed by atoms with Gasteiger partial charge in [-0.2, -0.15) is 0 Å². The third-order valence-electron chi connectivity index (χ3n) is 8.55. The van der Waals surface area contributed by atoms with Crippen molar-refractivity contribution in [2.24, 2.45) is 0 Å². The first-order valence-corrected chi connectivity index (χ1v) is 13.6. The van der Waals surface area contributed by atoms with Crippen molar-refractivity contribution in [1.29, 1.82) is 0 Å². The van der Waals surface area contributed by atoms with Gasteiger partial charge in [0.1, 0.15) is 0 Å². The zero-order chi connectivity index (χ0) is 25.5. The van der Waals surface area contributed by atoms with Crippen molar-refractivity contribution in [3.8, 4) is 22.5 Å². The molecule has 1 aliphatic rings. The lowest BCUT2D eigenvalue weighted by Gasteiger charge is -2.13. The van der Waals surface area contributed by atoms with Crippen LogP contribution in [-0.2, 0) is 6.42 Å². The topological polar surface area (TPSA) is 9.86 Å². The number of benzene rings is 6. The van der Waals surface area contributed by atoms with E-state index in [2.05, 4.69) is 143 Å². The van der Waals surface area contributed by atoms with Crippen molar-refractivity contribution in [1.82, 2.24) is 9.13 Å². The first-order chi connectivity index (χ1) is 19.4. The number of fused-ring (bicyclic) bond motifs is 10. The second kappa shape index (κ2) is 7.72. The first kappa shape index (κ1) is 20.9. The molecular weight excluding hydrogens is 472 g/mol. The monoisotopic (exact) mass is 496 g/mol. The molecule has 0 saturated carbocycles. The van der Waals surface area contributed by atoms with Crippen LogP contribution in [0.15, 0.2) is 133 Å². The van der Waals surface area contributed by atoms with E-state index >= 15 is 0 Å². The van der Waals surface area contributed by atoms with E-state index in [0.717, 1.165) is 6.42 Å². The van der Waals surface area contributed by atoms with Crippen molar-refractivity contribution in [2.75, 3.05) is 0 Å². The largest absolute Gasteiger partial charge is 0.309 e. The molecule has 0 amide bonds. The molecule has 0 aliphatic heterocycles. The molecule has 0 fully saturated rings. The molecule has 0 atom stereocenters. The second-order valence-corrected chi connectivity index (χ2v) is 10.5. The van der Waals surface area contributed by atoms with Crippen LogP contribution in [0.3, 0.4) is 0 Å². The van der Waals surface area contributed by atoms with E-state index in [1.807, 2.05) is 0 Å². The average molecular weight is 497 g/mol. The lowest BCUT2D eigenvalue weighted by molar-refractivity contribution is 1.12. The summed E-state index contributed by atoms with van der Waals surface area (Å²) in [4.78, 5) is 0. The van der Waals surface area contributed by atoms with Crippen molar-refractivity contribution in [2.45, 2.75) is 6.42 Å². The predicted molar refractivity (Wildman–Crippen MR) is 163 cm³/mol. The molecule has 6 aromatic carbocycles. The van der Waals surface area contributed by atoms with Crippen molar-refractivity contribution >= 4 is 43.6 Å². The number of para-hydroxylation sites is 3. The Balaban J connectivity index is 1.44. The molecular formula is C37H24N2. The minimum absolute atomic E-state index is 0.964. The number of nitrogens with zero attached hydrogens (tertiary/aromatic N) is 2. The molecule has 0 spiro atoms. The summed E-state index contributed by atoms with van der Waals surface area (Å²) in [7, 11) is 0. The summed E-state index contributed by atoms with van der Waals surface area (Å²) in [6.07, 6.45) is 0.964. The van der Waals surface area contributed by atoms with Gasteiger partial charge in [-0.25, -0.2) is 0 Å². The fourth-order valence-electron chi connectivity index (χ4n) is 6.98. The highest BCUT2D eigenvalue weighted by Gasteiger charge is 2.25. The van der Waals surface area contributed by atoms with Crippen LogP contribution >= 0.6 is 0 Å². The van der Waals surface area contributed by atoms with E-state index in [4.69, 9.17) is 0 Å². The van der Waals surface area contributed by atoms with E-state index in [1.165, 1.54) is 77.2 Å². The molecule has 2 aromatic heterocycles. The molecule has 8 aromatic rings. The third-order valence-corrected chi connectivity index (χ3v) is 8.55. The van der Waals surface area contributed by atoms with E-state index in [9.17, 15) is 0 Å². The fraction of sp³-hybridized carbons (Fsp3) is 0.0270. The molecule has 2 heteroatoms. The zero-order valence-corrected chi connectivity index (χ0v) is 21.3. The average Bonchev–Trinajstić information content (AvgIpc) is 3.65. The Labute approximate surface area is 226 Å². The standard InChI is InChI=1S/C37H24N2/c1-2-12-25(13-3-1)38-31-18-8-6-15-28(31)36-34(38)21-22-35-37(36)29-16-7-9-19-32(29)39(35)33-20-10-17-27-26-14-5-4-11-24(26)23-30(27)33/h1-22H,23H2. The minimum Gasteiger partial charge on any atom is -0.309 e. The van der Waals surface area contributed by atoms with E-state index in [-0.39, 0.29) is 0 Å². The molecule has 9 rings (SSSR count). The van der Waals surface area contributed by atoms with Crippen LogP contribution in [0, 0.1) is 0 Å². The van der Waals surface area contributed by atoms with Crippen LogP contribution in [0.1, 0.15) is 11.1 Å². The predicted octanol–water partition coefficient (Wildman–Crippen LogP) is 9.45. The van der Waals surface area contributed by atoms with Crippen LogP contribution in [0.5, 0.6) is 0 Å². The molecule has 1 aliphatic carbocycles. The van der Waals surface area contributed by atoms with Crippen molar-refractivity contribution < 1.29 is 0 Å². The Hall–Kier alpha value is -5.08. The van der Waals surface area contributed by atoms with Gasteiger partial charge in [0, 0.05) is 33.7 Å². The van der Waals surface area contributed by atoms with Crippen LogP contribution < -0.4 is 0 Å². The minimum atomic E-state index is 0.964. The smallest absolute Gasteiger partial charge is 0.0549 e.